The van der Waals surface area contributed by atoms with E-state index in [9.17, 15) is 13.2 Å². The number of ether oxygens (including phenoxy) is 1. The van der Waals surface area contributed by atoms with E-state index in [-0.39, 0.29) is 10.8 Å². The van der Waals surface area contributed by atoms with Crippen molar-refractivity contribution in [1.82, 2.24) is 4.72 Å². The molecule has 0 aliphatic carbocycles. The quantitative estimate of drug-likeness (QED) is 0.760. The predicted molar refractivity (Wildman–Crippen MR) is 78.4 cm³/mol. The van der Waals surface area contributed by atoms with Gasteiger partial charge in [0, 0.05) is 7.11 Å². The number of benzene rings is 1. The van der Waals surface area contributed by atoms with Crippen molar-refractivity contribution in [2.24, 2.45) is 5.92 Å². The number of aliphatic carboxylic acids is 1. The van der Waals surface area contributed by atoms with Crippen molar-refractivity contribution in [3.05, 3.63) is 29.8 Å². The number of carboxylic acid groups (broad SMARTS) is 1. The molecule has 21 heavy (non-hydrogen) atoms. The molecule has 0 unspecified atom stereocenters. The minimum Gasteiger partial charge on any atom is -0.480 e. The Labute approximate surface area is 125 Å². The van der Waals surface area contributed by atoms with Gasteiger partial charge in [0.2, 0.25) is 10.0 Å². The normalized spacial score (nSPS) is 14.6. The average Bonchev–Trinajstić information content (AvgIpc) is 2.44. The van der Waals surface area contributed by atoms with Gasteiger partial charge in [-0.1, -0.05) is 32.4 Å². The van der Waals surface area contributed by atoms with Crippen molar-refractivity contribution >= 4 is 16.0 Å². The minimum atomic E-state index is -3.86. The van der Waals surface area contributed by atoms with Gasteiger partial charge in [0.25, 0.3) is 0 Å². The van der Waals surface area contributed by atoms with Crippen LogP contribution in [0.4, 0.5) is 0 Å². The molecular weight excluding hydrogens is 294 g/mol. The van der Waals surface area contributed by atoms with Crippen LogP contribution in [-0.4, -0.2) is 32.6 Å². The number of carbonyl (C=O) groups is 1. The summed E-state index contributed by atoms with van der Waals surface area (Å²) in [7, 11) is -2.31. The molecule has 0 spiro atoms. The van der Waals surface area contributed by atoms with Crippen LogP contribution in [0.3, 0.4) is 0 Å². The first-order valence-corrected chi connectivity index (χ1v) is 8.13. The second-order valence-electron chi connectivity index (χ2n) is 4.90. The van der Waals surface area contributed by atoms with Gasteiger partial charge in [0.05, 0.1) is 11.5 Å². The molecule has 0 amide bonds. The van der Waals surface area contributed by atoms with Gasteiger partial charge < -0.3 is 9.84 Å². The lowest BCUT2D eigenvalue weighted by atomic mass is 10.0. The van der Waals surface area contributed by atoms with E-state index >= 15 is 0 Å². The average molecular weight is 315 g/mol. The number of carboxylic acids is 1. The molecule has 2 N–H and O–H groups in total. The number of nitrogens with one attached hydrogen (secondary N) is 1. The molecule has 0 saturated carbocycles. The molecule has 6 nitrogen and oxygen atoms in total. The van der Waals surface area contributed by atoms with Crippen LogP contribution < -0.4 is 4.72 Å². The predicted octanol–water partition coefficient (Wildman–Crippen LogP) is 1.61. The Bertz CT molecular complexity index is 568. The fourth-order valence-corrected chi connectivity index (χ4v) is 3.11. The Morgan fingerprint density at radius 2 is 1.90 bits per heavy atom. The van der Waals surface area contributed by atoms with Gasteiger partial charge in [0.15, 0.2) is 0 Å². The summed E-state index contributed by atoms with van der Waals surface area (Å²) in [6, 6.07) is 5.01. The molecule has 2 atom stereocenters. The van der Waals surface area contributed by atoms with Gasteiger partial charge in [-0.05, 0) is 23.6 Å². The number of methoxy groups -OCH3 is 1. The van der Waals surface area contributed by atoms with Crippen molar-refractivity contribution in [2.45, 2.75) is 37.8 Å². The van der Waals surface area contributed by atoms with Crippen molar-refractivity contribution in [2.75, 3.05) is 7.11 Å². The highest BCUT2D eigenvalue weighted by Gasteiger charge is 2.29. The number of rotatable bonds is 8. The molecular formula is C14H21NO5S. The van der Waals surface area contributed by atoms with E-state index in [0.717, 1.165) is 5.56 Å². The van der Waals surface area contributed by atoms with Crippen LogP contribution in [0, 0.1) is 5.92 Å². The van der Waals surface area contributed by atoms with Gasteiger partial charge >= 0.3 is 5.97 Å². The zero-order valence-electron chi connectivity index (χ0n) is 12.4. The fraction of sp³-hybridized carbons (Fsp3) is 0.500. The second-order valence-corrected chi connectivity index (χ2v) is 6.61. The molecule has 1 aromatic rings. The van der Waals surface area contributed by atoms with Gasteiger partial charge in [-0.25, -0.2) is 8.42 Å². The Hall–Kier alpha value is -1.44. The van der Waals surface area contributed by atoms with Crippen LogP contribution in [0.5, 0.6) is 0 Å². The summed E-state index contributed by atoms with van der Waals surface area (Å²) in [5, 5.41) is 9.16. The maximum absolute atomic E-state index is 12.2. The molecule has 0 aliphatic heterocycles. The summed E-state index contributed by atoms with van der Waals surface area (Å²) in [4.78, 5) is 11.2. The molecule has 0 aromatic heterocycles. The third-order valence-electron chi connectivity index (χ3n) is 3.31. The first-order valence-electron chi connectivity index (χ1n) is 6.64. The second kappa shape index (κ2) is 7.53. The molecule has 0 saturated heterocycles. The van der Waals surface area contributed by atoms with Crippen LogP contribution in [-0.2, 0) is 26.2 Å². The number of sulfonamides is 1. The number of hydrogen-bond acceptors (Lipinski definition) is 4. The topological polar surface area (TPSA) is 92.7 Å². The molecule has 1 aromatic carbocycles. The summed E-state index contributed by atoms with van der Waals surface area (Å²) < 4.78 is 31.7. The Kier molecular flexibility index (Phi) is 6.32. The molecule has 118 valence electrons. The third-order valence-corrected chi connectivity index (χ3v) is 4.76. The van der Waals surface area contributed by atoms with Crippen LogP contribution in [0.1, 0.15) is 25.8 Å². The van der Waals surface area contributed by atoms with E-state index in [1.165, 1.54) is 12.1 Å². The lowest BCUT2D eigenvalue weighted by molar-refractivity contribution is -0.140. The molecule has 0 aliphatic rings. The maximum Gasteiger partial charge on any atom is 0.322 e. The van der Waals surface area contributed by atoms with E-state index in [2.05, 4.69) is 4.72 Å². The molecule has 0 fully saturated rings. The largest absolute Gasteiger partial charge is 0.480 e. The van der Waals surface area contributed by atoms with Crippen molar-refractivity contribution in [3.8, 4) is 0 Å². The maximum atomic E-state index is 12.2. The Balaban J connectivity index is 2.96. The highest BCUT2D eigenvalue weighted by Crippen LogP contribution is 2.15. The summed E-state index contributed by atoms with van der Waals surface area (Å²) in [5.41, 5.74) is 0.841. The van der Waals surface area contributed by atoms with Gasteiger partial charge in [-0.15, -0.1) is 0 Å². The van der Waals surface area contributed by atoms with Crippen molar-refractivity contribution in [1.29, 1.82) is 0 Å². The monoisotopic (exact) mass is 315 g/mol. The van der Waals surface area contributed by atoms with Crippen molar-refractivity contribution in [3.63, 3.8) is 0 Å². The minimum absolute atomic E-state index is 0.0388. The van der Waals surface area contributed by atoms with E-state index < -0.39 is 22.0 Å². The SMILES string of the molecule is CC[C@H](C)[C@H](NS(=O)(=O)c1ccc(COC)cc1)C(=O)O. The summed E-state index contributed by atoms with van der Waals surface area (Å²) in [5.74, 6) is -1.48. The van der Waals surface area contributed by atoms with Crippen molar-refractivity contribution < 1.29 is 23.1 Å². The van der Waals surface area contributed by atoms with Gasteiger partial charge in [-0.3, -0.25) is 4.79 Å². The molecule has 7 heteroatoms. The summed E-state index contributed by atoms with van der Waals surface area (Å²) >= 11 is 0. The summed E-state index contributed by atoms with van der Waals surface area (Å²) in [6.45, 7) is 3.90. The Morgan fingerprint density at radius 3 is 2.33 bits per heavy atom. The highest BCUT2D eigenvalue weighted by molar-refractivity contribution is 7.89. The molecule has 0 bridgehead atoms. The lowest BCUT2D eigenvalue weighted by Gasteiger charge is -2.20. The standard InChI is InChI=1S/C14H21NO5S/c1-4-10(2)13(14(16)17)15-21(18,19)12-7-5-11(6-8-12)9-20-3/h5-8,10,13,15H,4,9H2,1-3H3,(H,16,17)/t10-,13-/m0/s1. The van der Waals surface area contributed by atoms with Crippen LogP contribution in [0.2, 0.25) is 0 Å². The summed E-state index contributed by atoms with van der Waals surface area (Å²) in [6.07, 6.45) is 0.562. The van der Waals surface area contributed by atoms with E-state index in [4.69, 9.17) is 9.84 Å². The van der Waals surface area contributed by atoms with E-state index in [1.807, 2.05) is 6.92 Å². The van der Waals surface area contributed by atoms with E-state index in [0.29, 0.717) is 13.0 Å². The first-order chi connectivity index (χ1) is 9.81. The van der Waals surface area contributed by atoms with E-state index in [1.54, 1.807) is 26.2 Å². The fourth-order valence-electron chi connectivity index (χ4n) is 1.81. The van der Waals surface area contributed by atoms with Crippen LogP contribution >= 0.6 is 0 Å². The molecule has 0 heterocycles. The smallest absolute Gasteiger partial charge is 0.322 e. The lowest BCUT2D eigenvalue weighted by Crippen LogP contribution is -2.44. The first kappa shape index (κ1) is 17.6. The highest BCUT2D eigenvalue weighted by atomic mass is 32.2. The molecule has 1 rings (SSSR count). The zero-order valence-corrected chi connectivity index (χ0v) is 13.2. The third kappa shape index (κ3) is 4.80. The van der Waals surface area contributed by atoms with Gasteiger partial charge in [0.1, 0.15) is 6.04 Å². The molecule has 0 radical (unpaired) electrons. The van der Waals surface area contributed by atoms with Crippen LogP contribution in [0.25, 0.3) is 0 Å². The zero-order chi connectivity index (χ0) is 16.0. The van der Waals surface area contributed by atoms with Crippen LogP contribution in [0.15, 0.2) is 29.2 Å². The number of hydrogen-bond donors (Lipinski definition) is 2. The van der Waals surface area contributed by atoms with Gasteiger partial charge in [-0.2, -0.15) is 4.72 Å². The Morgan fingerprint density at radius 1 is 1.33 bits per heavy atom.